The number of hydrogen-bond acceptors (Lipinski definition) is 7. The van der Waals surface area contributed by atoms with Gasteiger partial charge in [0.25, 0.3) is 0 Å². The largest absolute Gasteiger partial charge is 0.471 e. The van der Waals surface area contributed by atoms with E-state index in [2.05, 4.69) is 31.3 Å². The number of aliphatic hydroxyl groups is 1. The van der Waals surface area contributed by atoms with Gasteiger partial charge in [0.15, 0.2) is 0 Å². The highest BCUT2D eigenvalue weighted by atomic mass is 16.7. The smallest absolute Gasteiger partial charge is 0.222 e. The molecule has 0 saturated carbocycles. The van der Waals surface area contributed by atoms with Gasteiger partial charge in [0.1, 0.15) is 24.4 Å². The molecule has 0 aliphatic carbocycles. The molecule has 0 radical (unpaired) electrons. The minimum absolute atomic E-state index is 0.0815. The molecule has 0 aromatic rings. The molecular formula is C39H73NO7. The summed E-state index contributed by atoms with van der Waals surface area (Å²) in [6.45, 7) is 6.91. The first-order chi connectivity index (χ1) is 23.0. The predicted octanol–water partition coefficient (Wildman–Crippen LogP) is 8.94. The lowest BCUT2D eigenvalue weighted by atomic mass is 9.96. The first-order valence-electron chi connectivity index (χ1n) is 19.2. The zero-order valence-electron chi connectivity index (χ0n) is 30.9. The Hall–Kier alpha value is -1.45. The second kappa shape index (κ2) is 30.6. The molecule has 276 valence electrons. The molecule has 0 bridgehead atoms. The summed E-state index contributed by atoms with van der Waals surface area (Å²) >= 11 is 0. The van der Waals surface area contributed by atoms with E-state index in [0.29, 0.717) is 19.4 Å². The maximum atomic E-state index is 13.1. The molecule has 47 heavy (non-hydrogen) atoms. The molecular weight excluding hydrogens is 594 g/mol. The van der Waals surface area contributed by atoms with E-state index in [1.54, 1.807) is 26.6 Å². The van der Waals surface area contributed by atoms with Gasteiger partial charge in [-0.1, -0.05) is 116 Å². The number of ether oxygens (including phenoxy) is 5. The summed E-state index contributed by atoms with van der Waals surface area (Å²) in [4.78, 5) is 13.1. The first kappa shape index (κ1) is 43.6. The van der Waals surface area contributed by atoms with Crippen LogP contribution in [0.5, 0.6) is 0 Å². The van der Waals surface area contributed by atoms with E-state index in [4.69, 9.17) is 23.7 Å². The number of methoxy groups -OCH3 is 2. The minimum atomic E-state index is -0.984. The van der Waals surface area contributed by atoms with Gasteiger partial charge in [0.2, 0.25) is 12.2 Å². The van der Waals surface area contributed by atoms with Gasteiger partial charge in [-0.05, 0) is 51.9 Å². The van der Waals surface area contributed by atoms with Crippen LogP contribution in [-0.4, -0.2) is 75.2 Å². The van der Waals surface area contributed by atoms with E-state index in [9.17, 15) is 9.90 Å². The van der Waals surface area contributed by atoms with Crippen molar-refractivity contribution in [3.8, 4) is 0 Å². The molecule has 1 saturated heterocycles. The third kappa shape index (κ3) is 21.3. The van der Waals surface area contributed by atoms with Gasteiger partial charge in [0.05, 0.1) is 19.0 Å². The Labute approximate surface area is 288 Å². The third-order valence-electron chi connectivity index (χ3n) is 9.06. The molecule has 0 aromatic heterocycles. The van der Waals surface area contributed by atoms with Gasteiger partial charge in [-0.3, -0.25) is 4.79 Å². The number of amides is 1. The summed E-state index contributed by atoms with van der Waals surface area (Å²) in [7, 11) is 3.31. The van der Waals surface area contributed by atoms with Gasteiger partial charge in [-0.25, -0.2) is 0 Å². The van der Waals surface area contributed by atoms with Crippen molar-refractivity contribution < 1.29 is 33.6 Å². The number of carbonyl (C=O) groups excluding carboxylic acids is 1. The van der Waals surface area contributed by atoms with Crippen molar-refractivity contribution in [1.82, 2.24) is 5.32 Å². The van der Waals surface area contributed by atoms with E-state index in [0.717, 1.165) is 32.1 Å². The Morgan fingerprint density at radius 3 is 2.04 bits per heavy atom. The molecule has 1 amide bonds. The van der Waals surface area contributed by atoms with Gasteiger partial charge in [-0.15, -0.1) is 0 Å². The summed E-state index contributed by atoms with van der Waals surface area (Å²) in [5, 5.41) is 14.3. The van der Waals surface area contributed by atoms with Crippen LogP contribution in [0.4, 0.5) is 0 Å². The molecule has 6 atom stereocenters. The number of hydrogen-bond donors (Lipinski definition) is 2. The Morgan fingerprint density at radius 2 is 1.43 bits per heavy atom. The normalized spacial score (nSPS) is 22.3. The highest BCUT2D eigenvalue weighted by molar-refractivity contribution is 5.76. The average molecular weight is 668 g/mol. The van der Waals surface area contributed by atoms with E-state index < -0.39 is 30.6 Å². The zero-order valence-corrected chi connectivity index (χ0v) is 30.9. The molecule has 1 heterocycles. The molecule has 2 N–H and O–H groups in total. The van der Waals surface area contributed by atoms with Crippen LogP contribution in [0.3, 0.4) is 0 Å². The summed E-state index contributed by atoms with van der Waals surface area (Å²) in [6.07, 6.45) is 28.9. The average Bonchev–Trinajstić information content (AvgIpc) is 3.07. The van der Waals surface area contributed by atoms with Crippen molar-refractivity contribution in [3.63, 3.8) is 0 Å². The molecule has 1 rings (SSSR count). The number of aliphatic hydroxyl groups excluding tert-OH is 1. The second-order valence-corrected chi connectivity index (χ2v) is 13.2. The molecule has 5 unspecified atom stereocenters. The summed E-state index contributed by atoms with van der Waals surface area (Å²) in [5.41, 5.74) is 0. The first-order valence-corrected chi connectivity index (χ1v) is 19.2. The van der Waals surface area contributed by atoms with Crippen LogP contribution >= 0.6 is 0 Å². The molecule has 0 aromatic carbocycles. The van der Waals surface area contributed by atoms with E-state index in [1.165, 1.54) is 89.9 Å². The molecule has 8 nitrogen and oxygen atoms in total. The standard InChI is InChI=1S/C39H73NO7/c1-6-9-11-13-14-15-16-17-18-19-20-21-22-24-26-28-35(41)40-36-38(37(42)34(32-43-4)47-39(36)46-30-8-3)45-31-29-33(44-5)27-25-23-12-10-7-2/h8,15-16,30,33-34,36-39,42H,6-7,9-14,17-29,31-32H2,1-5H3,(H,40,41)/b16-15-,30-8-/t33-,34?,36?,37?,38?,39?/m1/s1. The SMILES string of the molecule is C/C=C\OC1OC(COC)C(O)C(OCC[C@@H](CCCCCCC)OC)C1NC(=O)CCCCCCCCC/C=C\CCCCCC. The van der Waals surface area contributed by atoms with Crippen LogP contribution in [0.1, 0.15) is 156 Å². The number of rotatable bonds is 31. The van der Waals surface area contributed by atoms with Gasteiger partial charge < -0.3 is 34.1 Å². The Kier molecular flexibility index (Phi) is 28.4. The quantitative estimate of drug-likeness (QED) is 0.0433. The van der Waals surface area contributed by atoms with E-state index in [-0.39, 0.29) is 18.6 Å². The zero-order chi connectivity index (χ0) is 34.4. The van der Waals surface area contributed by atoms with Gasteiger partial charge in [0, 0.05) is 27.2 Å². The van der Waals surface area contributed by atoms with Crippen LogP contribution in [0.15, 0.2) is 24.5 Å². The van der Waals surface area contributed by atoms with Crippen molar-refractivity contribution in [3.05, 3.63) is 24.5 Å². The number of unbranched alkanes of at least 4 members (excludes halogenated alkanes) is 15. The van der Waals surface area contributed by atoms with Gasteiger partial charge >= 0.3 is 0 Å². The highest BCUT2D eigenvalue weighted by Gasteiger charge is 2.47. The van der Waals surface area contributed by atoms with Crippen LogP contribution in [-0.2, 0) is 28.5 Å². The fourth-order valence-electron chi connectivity index (χ4n) is 6.15. The summed E-state index contributed by atoms with van der Waals surface area (Å²) in [5.74, 6) is -0.0815. The fourth-order valence-corrected chi connectivity index (χ4v) is 6.15. The van der Waals surface area contributed by atoms with Crippen molar-refractivity contribution in [2.45, 2.75) is 192 Å². The maximum absolute atomic E-state index is 13.1. The fraction of sp³-hybridized carbons (Fsp3) is 0.872. The van der Waals surface area contributed by atoms with Gasteiger partial charge in [-0.2, -0.15) is 0 Å². The van der Waals surface area contributed by atoms with E-state index in [1.807, 2.05) is 6.92 Å². The van der Waals surface area contributed by atoms with Crippen LogP contribution < -0.4 is 5.32 Å². The van der Waals surface area contributed by atoms with Crippen LogP contribution in [0.25, 0.3) is 0 Å². The lowest BCUT2D eigenvalue weighted by Crippen LogP contribution is -2.65. The molecule has 1 aliphatic heterocycles. The predicted molar refractivity (Wildman–Crippen MR) is 192 cm³/mol. The van der Waals surface area contributed by atoms with Crippen molar-refractivity contribution >= 4 is 5.91 Å². The molecule has 1 aliphatic rings. The number of allylic oxidation sites excluding steroid dienone is 3. The maximum Gasteiger partial charge on any atom is 0.222 e. The Morgan fingerprint density at radius 1 is 0.830 bits per heavy atom. The number of carbonyl (C=O) groups is 1. The van der Waals surface area contributed by atoms with Crippen molar-refractivity contribution in [1.29, 1.82) is 0 Å². The highest BCUT2D eigenvalue weighted by Crippen LogP contribution is 2.26. The lowest BCUT2D eigenvalue weighted by Gasteiger charge is -2.44. The molecule has 1 fully saturated rings. The monoisotopic (exact) mass is 668 g/mol. The topological polar surface area (TPSA) is 95.5 Å². The minimum Gasteiger partial charge on any atom is -0.471 e. The molecule has 8 heteroatoms. The Balaban J connectivity index is 2.53. The lowest BCUT2D eigenvalue weighted by molar-refractivity contribution is -0.265. The number of nitrogens with one attached hydrogen (secondary N) is 1. The third-order valence-corrected chi connectivity index (χ3v) is 9.06. The molecule has 0 spiro atoms. The van der Waals surface area contributed by atoms with Crippen LogP contribution in [0.2, 0.25) is 0 Å². The van der Waals surface area contributed by atoms with E-state index >= 15 is 0 Å². The van der Waals surface area contributed by atoms with Crippen LogP contribution in [0, 0.1) is 0 Å². The van der Waals surface area contributed by atoms with Crippen molar-refractivity contribution in [2.75, 3.05) is 27.4 Å². The Bertz CT molecular complexity index is 776. The summed E-state index contributed by atoms with van der Waals surface area (Å²) < 4.78 is 29.3. The van der Waals surface area contributed by atoms with Crippen molar-refractivity contribution in [2.24, 2.45) is 0 Å². The summed E-state index contributed by atoms with van der Waals surface area (Å²) in [6, 6.07) is -0.665. The second-order valence-electron chi connectivity index (χ2n) is 13.2.